The van der Waals surface area contributed by atoms with Crippen LogP contribution in [0.4, 0.5) is 0 Å². The topological polar surface area (TPSA) is 50.7 Å². The summed E-state index contributed by atoms with van der Waals surface area (Å²) in [7, 11) is 0. The summed E-state index contributed by atoms with van der Waals surface area (Å²) in [5, 5.41) is 13.5. The third kappa shape index (κ3) is 3.06. The minimum Gasteiger partial charge on any atom is -0.508 e. The van der Waals surface area contributed by atoms with Crippen molar-refractivity contribution in [1.82, 2.24) is 5.32 Å². The van der Waals surface area contributed by atoms with E-state index >= 15 is 0 Å². The number of ether oxygens (including phenoxy) is 2. The number of nitrogens with one attached hydrogen (secondary N) is 1. The molecule has 0 spiro atoms. The largest absolute Gasteiger partial charge is 0.508 e. The first-order valence-electron chi connectivity index (χ1n) is 8.74. The molecule has 0 saturated carbocycles. The van der Waals surface area contributed by atoms with E-state index in [9.17, 15) is 5.11 Å². The quantitative estimate of drug-likeness (QED) is 0.903. The summed E-state index contributed by atoms with van der Waals surface area (Å²) in [5.41, 5.74) is 3.69. The number of aryl methyl sites for hydroxylation is 1. The van der Waals surface area contributed by atoms with Crippen LogP contribution < -0.4 is 14.8 Å². The van der Waals surface area contributed by atoms with E-state index in [1.54, 1.807) is 6.07 Å². The third-order valence-electron chi connectivity index (χ3n) is 4.84. The Morgan fingerprint density at radius 3 is 2.96 bits per heavy atom. The summed E-state index contributed by atoms with van der Waals surface area (Å²) < 4.78 is 11.7. The number of aromatic hydroxyl groups is 1. The van der Waals surface area contributed by atoms with Gasteiger partial charge in [-0.25, -0.2) is 0 Å². The molecular weight excluding hydrogens is 302 g/mol. The molecule has 1 aliphatic heterocycles. The molecule has 0 fully saturated rings. The van der Waals surface area contributed by atoms with Crippen molar-refractivity contribution in [1.29, 1.82) is 0 Å². The molecule has 2 aromatic rings. The van der Waals surface area contributed by atoms with E-state index in [1.165, 1.54) is 17.5 Å². The lowest BCUT2D eigenvalue weighted by Gasteiger charge is -2.27. The number of phenolic OH excluding ortho intramolecular Hbond substituents is 1. The van der Waals surface area contributed by atoms with Crippen LogP contribution in [0.1, 0.15) is 42.0 Å². The van der Waals surface area contributed by atoms with Gasteiger partial charge in [-0.3, -0.25) is 0 Å². The second-order valence-corrected chi connectivity index (χ2v) is 6.50. The van der Waals surface area contributed by atoms with Crippen LogP contribution in [0, 0.1) is 0 Å². The van der Waals surface area contributed by atoms with Gasteiger partial charge in [-0.1, -0.05) is 18.2 Å². The Balaban J connectivity index is 1.54. The molecule has 1 aliphatic carbocycles. The van der Waals surface area contributed by atoms with Crippen molar-refractivity contribution in [2.45, 2.75) is 38.3 Å². The summed E-state index contributed by atoms with van der Waals surface area (Å²) in [6.45, 7) is 2.13. The monoisotopic (exact) mass is 325 g/mol. The Bertz CT molecular complexity index is 729. The Hall–Kier alpha value is -2.20. The molecular formula is C20H23NO3. The summed E-state index contributed by atoms with van der Waals surface area (Å²) in [4.78, 5) is 0. The maximum Gasteiger partial charge on any atom is 0.165 e. The normalized spacial score (nSPS) is 19.4. The molecule has 1 heterocycles. The van der Waals surface area contributed by atoms with Gasteiger partial charge in [-0.2, -0.15) is 0 Å². The number of para-hydroxylation sites is 1. The minimum absolute atomic E-state index is 0.267. The van der Waals surface area contributed by atoms with Crippen molar-refractivity contribution in [3.63, 3.8) is 0 Å². The molecule has 4 rings (SSSR count). The van der Waals surface area contributed by atoms with Crippen molar-refractivity contribution >= 4 is 0 Å². The van der Waals surface area contributed by atoms with E-state index in [0.717, 1.165) is 42.9 Å². The first-order chi connectivity index (χ1) is 11.8. The zero-order chi connectivity index (χ0) is 16.4. The molecule has 1 atom stereocenters. The van der Waals surface area contributed by atoms with E-state index in [-0.39, 0.29) is 6.04 Å². The molecule has 2 aliphatic rings. The van der Waals surface area contributed by atoms with Gasteiger partial charge in [0.2, 0.25) is 0 Å². The molecule has 0 amide bonds. The third-order valence-corrected chi connectivity index (χ3v) is 4.84. The predicted octanol–water partition coefficient (Wildman–Crippen LogP) is 3.72. The van der Waals surface area contributed by atoms with Gasteiger partial charge >= 0.3 is 0 Å². The second kappa shape index (κ2) is 6.73. The van der Waals surface area contributed by atoms with Crippen LogP contribution in [0.2, 0.25) is 0 Å². The second-order valence-electron chi connectivity index (χ2n) is 6.50. The number of benzene rings is 2. The lowest BCUT2D eigenvalue weighted by Crippen LogP contribution is -2.25. The van der Waals surface area contributed by atoms with E-state index in [4.69, 9.17) is 9.47 Å². The van der Waals surface area contributed by atoms with Gasteiger partial charge in [0.15, 0.2) is 11.5 Å². The van der Waals surface area contributed by atoms with Gasteiger partial charge in [-0.05, 0) is 48.6 Å². The molecule has 2 aromatic carbocycles. The maximum atomic E-state index is 9.82. The fraction of sp³-hybridized carbons (Fsp3) is 0.400. The lowest BCUT2D eigenvalue weighted by molar-refractivity contribution is 0.295. The molecule has 1 unspecified atom stereocenters. The smallest absolute Gasteiger partial charge is 0.165 e. The lowest BCUT2D eigenvalue weighted by atomic mass is 9.87. The van der Waals surface area contributed by atoms with Crippen LogP contribution in [-0.4, -0.2) is 18.3 Å². The SMILES string of the molecule is Oc1ccc2c(c1)C(NCc1cccc3c1OCCCO3)CCC2. The number of fused-ring (bicyclic) bond motifs is 2. The number of hydrogen-bond acceptors (Lipinski definition) is 4. The van der Waals surface area contributed by atoms with Gasteiger partial charge in [0.1, 0.15) is 5.75 Å². The van der Waals surface area contributed by atoms with Crippen LogP contribution in [0.5, 0.6) is 17.2 Å². The molecule has 24 heavy (non-hydrogen) atoms. The van der Waals surface area contributed by atoms with Crippen LogP contribution >= 0.6 is 0 Å². The van der Waals surface area contributed by atoms with Gasteiger partial charge in [0.25, 0.3) is 0 Å². The molecule has 4 nitrogen and oxygen atoms in total. The highest BCUT2D eigenvalue weighted by molar-refractivity contribution is 5.47. The summed E-state index contributed by atoms with van der Waals surface area (Å²) in [6.07, 6.45) is 4.26. The van der Waals surface area contributed by atoms with E-state index in [2.05, 4.69) is 11.4 Å². The Morgan fingerprint density at radius 2 is 2.00 bits per heavy atom. The van der Waals surface area contributed by atoms with E-state index in [0.29, 0.717) is 19.0 Å². The first kappa shape index (κ1) is 15.3. The number of phenols is 1. The number of hydrogen-bond donors (Lipinski definition) is 2. The van der Waals surface area contributed by atoms with Gasteiger partial charge < -0.3 is 19.9 Å². The zero-order valence-corrected chi connectivity index (χ0v) is 13.8. The van der Waals surface area contributed by atoms with Crippen molar-refractivity contribution < 1.29 is 14.6 Å². The highest BCUT2D eigenvalue weighted by Crippen LogP contribution is 2.35. The van der Waals surface area contributed by atoms with Gasteiger partial charge in [0.05, 0.1) is 13.2 Å². The summed E-state index contributed by atoms with van der Waals surface area (Å²) in [5.74, 6) is 2.05. The van der Waals surface area contributed by atoms with Crippen LogP contribution in [-0.2, 0) is 13.0 Å². The zero-order valence-electron chi connectivity index (χ0n) is 13.8. The predicted molar refractivity (Wildman–Crippen MR) is 92.7 cm³/mol. The average molecular weight is 325 g/mol. The van der Waals surface area contributed by atoms with Crippen LogP contribution in [0.3, 0.4) is 0 Å². The summed E-state index contributed by atoms with van der Waals surface area (Å²) >= 11 is 0. The maximum absolute atomic E-state index is 9.82. The molecule has 126 valence electrons. The minimum atomic E-state index is 0.267. The fourth-order valence-electron chi connectivity index (χ4n) is 3.62. The Kier molecular flexibility index (Phi) is 4.30. The molecule has 0 aromatic heterocycles. The van der Waals surface area contributed by atoms with Gasteiger partial charge in [-0.15, -0.1) is 0 Å². The summed E-state index contributed by atoms with van der Waals surface area (Å²) in [6, 6.07) is 12.1. The first-order valence-corrected chi connectivity index (χ1v) is 8.74. The van der Waals surface area contributed by atoms with E-state index in [1.807, 2.05) is 24.3 Å². The average Bonchev–Trinajstić information content (AvgIpc) is 2.85. The van der Waals surface area contributed by atoms with Crippen LogP contribution in [0.15, 0.2) is 36.4 Å². The van der Waals surface area contributed by atoms with E-state index < -0.39 is 0 Å². The Morgan fingerprint density at radius 1 is 1.08 bits per heavy atom. The van der Waals surface area contributed by atoms with Crippen molar-refractivity contribution in [3.8, 4) is 17.2 Å². The standard InChI is InChI=1S/C20H23NO3/c22-16-9-8-14-4-1-6-18(17(14)12-16)21-13-15-5-2-7-19-20(15)24-11-3-10-23-19/h2,5,7-9,12,18,21-22H,1,3-4,6,10-11,13H2. The van der Waals surface area contributed by atoms with Crippen LogP contribution in [0.25, 0.3) is 0 Å². The van der Waals surface area contributed by atoms with Crippen molar-refractivity contribution in [2.24, 2.45) is 0 Å². The Labute approximate surface area is 142 Å². The highest BCUT2D eigenvalue weighted by atomic mass is 16.5. The molecule has 2 N–H and O–H groups in total. The molecule has 4 heteroatoms. The number of rotatable bonds is 3. The van der Waals surface area contributed by atoms with Crippen molar-refractivity contribution in [2.75, 3.05) is 13.2 Å². The molecule has 0 bridgehead atoms. The van der Waals surface area contributed by atoms with Crippen molar-refractivity contribution in [3.05, 3.63) is 53.1 Å². The highest BCUT2D eigenvalue weighted by Gasteiger charge is 2.21. The van der Waals surface area contributed by atoms with Gasteiger partial charge in [0, 0.05) is 24.6 Å². The molecule has 0 saturated heterocycles. The fourth-order valence-corrected chi connectivity index (χ4v) is 3.62. The molecule has 0 radical (unpaired) electrons.